The minimum atomic E-state index is -4.84. The molecule has 1 atom stereocenters. The molecule has 1 aromatic carbocycles. The number of piperidine rings is 1. The number of hydrogen-bond acceptors (Lipinski definition) is 9. The number of carbonyl (C=O) groups is 1. The number of aromatic nitrogens is 3. The van der Waals surface area contributed by atoms with Gasteiger partial charge in [-0.25, -0.2) is 22.2 Å². The average Bonchev–Trinajstić information content (AvgIpc) is 3.52. The van der Waals surface area contributed by atoms with E-state index in [4.69, 9.17) is 16.0 Å². The Labute approximate surface area is 246 Å². The zero-order valence-corrected chi connectivity index (χ0v) is 24.9. The maximum absolute atomic E-state index is 13.8. The number of nitrogens with one attached hydrogen (secondary N) is 1. The van der Waals surface area contributed by atoms with Gasteiger partial charge >= 0.3 is 6.18 Å². The minimum Gasteiger partial charge on any atom is -0.415 e. The van der Waals surface area contributed by atoms with Crippen molar-refractivity contribution in [3.8, 4) is 21.3 Å². The van der Waals surface area contributed by atoms with Gasteiger partial charge in [0.15, 0.2) is 5.01 Å². The van der Waals surface area contributed by atoms with E-state index in [1.54, 1.807) is 4.72 Å². The lowest BCUT2D eigenvalue weighted by atomic mass is 10.1. The van der Waals surface area contributed by atoms with Crippen molar-refractivity contribution in [2.24, 2.45) is 0 Å². The van der Waals surface area contributed by atoms with E-state index in [2.05, 4.69) is 15.2 Å². The number of alkyl halides is 5. The third-order valence-electron chi connectivity index (χ3n) is 6.44. The van der Waals surface area contributed by atoms with Crippen molar-refractivity contribution in [1.29, 1.82) is 0 Å². The van der Waals surface area contributed by atoms with E-state index in [0.29, 0.717) is 6.92 Å². The summed E-state index contributed by atoms with van der Waals surface area (Å²) in [4.78, 5) is 18.6. The summed E-state index contributed by atoms with van der Waals surface area (Å²) < 4.78 is 99.2. The van der Waals surface area contributed by atoms with Crippen LogP contribution in [-0.4, -0.2) is 70.7 Å². The van der Waals surface area contributed by atoms with Crippen molar-refractivity contribution >= 4 is 38.9 Å². The molecule has 2 aromatic heterocycles. The molecular weight excluding hydrogens is 633 g/mol. The van der Waals surface area contributed by atoms with E-state index >= 15 is 0 Å². The van der Waals surface area contributed by atoms with Gasteiger partial charge in [-0.1, -0.05) is 17.7 Å². The zero-order chi connectivity index (χ0) is 31.4. The molecular formula is C24H25ClF5N5O5S2. The van der Waals surface area contributed by atoms with Crippen LogP contribution in [0, 0.1) is 6.92 Å². The number of hydrogen-bond donors (Lipinski definition) is 2. The Bertz CT molecular complexity index is 1610. The molecule has 0 saturated carbocycles. The Hall–Kier alpha value is -2.73. The van der Waals surface area contributed by atoms with Gasteiger partial charge in [0.25, 0.3) is 17.7 Å². The lowest BCUT2D eigenvalue weighted by Gasteiger charge is -2.31. The Balaban J connectivity index is 1.80. The van der Waals surface area contributed by atoms with Crippen LogP contribution in [-0.2, 0) is 15.6 Å². The summed E-state index contributed by atoms with van der Waals surface area (Å²) in [7, 11) is -4.67. The van der Waals surface area contributed by atoms with Crippen LogP contribution in [0.15, 0.2) is 21.4 Å². The maximum atomic E-state index is 13.8. The van der Waals surface area contributed by atoms with Crippen LogP contribution >= 0.6 is 22.9 Å². The van der Waals surface area contributed by atoms with Crippen molar-refractivity contribution in [3.05, 3.63) is 34.3 Å². The van der Waals surface area contributed by atoms with Gasteiger partial charge in [-0.3, -0.25) is 4.79 Å². The number of amides is 1. The Morgan fingerprint density at radius 3 is 2.38 bits per heavy atom. The van der Waals surface area contributed by atoms with Gasteiger partial charge < -0.3 is 14.4 Å². The Morgan fingerprint density at radius 1 is 1.21 bits per heavy atom. The number of halogens is 6. The van der Waals surface area contributed by atoms with E-state index in [0.717, 1.165) is 17.4 Å². The molecule has 18 heteroatoms. The lowest BCUT2D eigenvalue weighted by molar-refractivity contribution is -0.147. The quantitative estimate of drug-likeness (QED) is 0.333. The first-order valence-electron chi connectivity index (χ1n) is 12.3. The lowest BCUT2D eigenvalue weighted by Crippen LogP contribution is -2.43. The molecule has 0 bridgehead atoms. The predicted octanol–water partition coefficient (Wildman–Crippen LogP) is 5.15. The molecule has 1 unspecified atom stereocenters. The smallest absolute Gasteiger partial charge is 0.404 e. The topological polar surface area (TPSA) is 139 Å². The number of thiazole rings is 1. The summed E-state index contributed by atoms with van der Waals surface area (Å²) in [5, 5.41) is 17.6. The zero-order valence-electron chi connectivity index (χ0n) is 22.5. The highest BCUT2D eigenvalue weighted by atomic mass is 35.5. The van der Waals surface area contributed by atoms with Crippen LogP contribution in [0.1, 0.15) is 55.6 Å². The van der Waals surface area contributed by atoms with Crippen molar-refractivity contribution in [2.45, 2.75) is 69.2 Å². The molecule has 1 aliphatic rings. The normalized spacial score (nSPS) is 17.0. The molecule has 1 amide bonds. The first-order chi connectivity index (χ1) is 19.2. The van der Waals surface area contributed by atoms with E-state index in [1.807, 2.05) is 0 Å². The second-order valence-electron chi connectivity index (χ2n) is 10.3. The van der Waals surface area contributed by atoms with Gasteiger partial charge in [0.1, 0.15) is 17.3 Å². The molecule has 0 radical (unpaired) electrons. The Kier molecular flexibility index (Phi) is 8.49. The molecule has 3 aromatic rings. The van der Waals surface area contributed by atoms with Crippen LogP contribution < -0.4 is 4.72 Å². The molecule has 4 rings (SSSR count). The van der Waals surface area contributed by atoms with Crippen LogP contribution in [0.25, 0.3) is 21.3 Å². The second-order valence-corrected chi connectivity index (χ2v) is 13.3. The third-order valence-corrected chi connectivity index (χ3v) is 9.69. The summed E-state index contributed by atoms with van der Waals surface area (Å²) in [6.07, 6.45) is -5.95. The molecule has 42 heavy (non-hydrogen) atoms. The molecule has 1 aliphatic heterocycles. The number of carbonyl (C=O) groups excluding carboxylic acids is 1. The van der Waals surface area contributed by atoms with Crippen LogP contribution in [0.2, 0.25) is 5.02 Å². The van der Waals surface area contributed by atoms with Crippen molar-refractivity contribution in [3.63, 3.8) is 0 Å². The molecule has 1 saturated heterocycles. The minimum absolute atomic E-state index is 0.0183. The van der Waals surface area contributed by atoms with Gasteiger partial charge in [-0.15, -0.1) is 21.5 Å². The molecule has 10 nitrogen and oxygen atoms in total. The van der Waals surface area contributed by atoms with Crippen molar-refractivity contribution < 1.29 is 44.7 Å². The van der Waals surface area contributed by atoms with Gasteiger partial charge in [-0.2, -0.15) is 17.9 Å². The molecule has 0 spiro atoms. The molecule has 0 aliphatic carbocycles. The summed E-state index contributed by atoms with van der Waals surface area (Å²) in [6, 6.07) is -0.138. The Morgan fingerprint density at radius 2 is 1.83 bits per heavy atom. The van der Waals surface area contributed by atoms with Gasteiger partial charge in [0, 0.05) is 31.5 Å². The third kappa shape index (κ3) is 6.59. The molecule has 1 fully saturated rings. The number of nitrogens with zero attached hydrogens (tertiary/aromatic N) is 4. The van der Waals surface area contributed by atoms with Crippen molar-refractivity contribution in [2.75, 3.05) is 13.1 Å². The summed E-state index contributed by atoms with van der Waals surface area (Å²) in [5.41, 5.74) is -1.72. The van der Waals surface area contributed by atoms with Gasteiger partial charge in [-0.05, 0) is 39.3 Å². The molecule has 3 heterocycles. The van der Waals surface area contributed by atoms with Crippen LogP contribution in [0.3, 0.4) is 0 Å². The van der Waals surface area contributed by atoms with Gasteiger partial charge in [0.05, 0.1) is 14.8 Å². The summed E-state index contributed by atoms with van der Waals surface area (Å²) in [6.45, 7) is 4.23. The van der Waals surface area contributed by atoms with E-state index in [9.17, 15) is 40.3 Å². The number of sulfonamides is 1. The van der Waals surface area contributed by atoms with Gasteiger partial charge in [0.2, 0.25) is 15.9 Å². The highest BCUT2D eigenvalue weighted by Gasteiger charge is 2.40. The van der Waals surface area contributed by atoms with Crippen LogP contribution in [0.4, 0.5) is 22.0 Å². The first kappa shape index (κ1) is 32.2. The molecule has 2 N–H and O–H groups in total. The van der Waals surface area contributed by atoms with Crippen LogP contribution in [0.5, 0.6) is 0 Å². The van der Waals surface area contributed by atoms with E-state index < -0.39 is 57.4 Å². The standard InChI is InChI=1S/C24H25ClF5N5O5S2/c1-11-14(42(38,39)34-12(2)24(28,29)30)6-5-13(15(11)25)17-16(20(36)35-9-7-23(26,27)8-10-35)31-19(41-17)18-32-33-21(40-18)22(3,4)37/h5-6,12,34,37H,7-10H2,1-4H3. The number of benzene rings is 1. The fourth-order valence-corrected chi connectivity index (χ4v) is 6.84. The fraction of sp³-hybridized carbons (Fsp3) is 0.500. The number of aliphatic hydroxyl groups is 1. The van der Waals surface area contributed by atoms with E-state index in [1.165, 1.54) is 31.7 Å². The fourth-order valence-electron chi connectivity index (χ4n) is 3.98. The monoisotopic (exact) mass is 657 g/mol. The highest BCUT2D eigenvalue weighted by molar-refractivity contribution is 7.89. The second kappa shape index (κ2) is 11.1. The molecule has 230 valence electrons. The highest BCUT2D eigenvalue weighted by Crippen LogP contribution is 2.42. The largest absolute Gasteiger partial charge is 0.415 e. The SMILES string of the molecule is Cc1c(S(=O)(=O)NC(C)C(F)(F)F)ccc(-c2sc(-c3nnc(C(C)(C)O)o3)nc2C(=O)N2CCC(F)(F)CC2)c1Cl. The van der Waals surface area contributed by atoms with E-state index in [-0.39, 0.29) is 56.6 Å². The average molecular weight is 658 g/mol. The predicted molar refractivity (Wildman–Crippen MR) is 142 cm³/mol. The first-order valence-corrected chi connectivity index (χ1v) is 15.0. The number of likely N-dealkylation sites (tertiary alicyclic amines) is 1. The van der Waals surface area contributed by atoms with Crippen molar-refractivity contribution in [1.82, 2.24) is 24.8 Å². The maximum Gasteiger partial charge on any atom is 0.404 e. The summed E-state index contributed by atoms with van der Waals surface area (Å²) in [5.74, 6) is -3.95. The summed E-state index contributed by atoms with van der Waals surface area (Å²) >= 11 is 7.39. The number of rotatable bonds is 7.